The highest BCUT2D eigenvalue weighted by molar-refractivity contribution is 5.24. The van der Waals surface area contributed by atoms with Crippen molar-refractivity contribution in [3.05, 3.63) is 35.4 Å². The molecule has 0 spiro atoms. The van der Waals surface area contributed by atoms with Crippen LogP contribution in [0.2, 0.25) is 0 Å². The van der Waals surface area contributed by atoms with Crippen LogP contribution < -0.4 is 5.73 Å². The number of hydrogen-bond acceptors (Lipinski definition) is 2. The zero-order valence-corrected chi connectivity index (χ0v) is 12.2. The van der Waals surface area contributed by atoms with E-state index in [0.29, 0.717) is 24.2 Å². The molecule has 19 heavy (non-hydrogen) atoms. The van der Waals surface area contributed by atoms with E-state index in [1.54, 1.807) is 0 Å². The van der Waals surface area contributed by atoms with Crippen molar-refractivity contribution in [1.82, 2.24) is 4.90 Å². The number of aryl methyl sites for hydroxylation is 1. The van der Waals surface area contributed by atoms with Crippen molar-refractivity contribution in [2.45, 2.75) is 70.1 Å². The Morgan fingerprint density at radius 1 is 1.11 bits per heavy atom. The minimum Gasteiger partial charge on any atom is -0.328 e. The molecule has 0 amide bonds. The minimum atomic E-state index is 0.428. The summed E-state index contributed by atoms with van der Waals surface area (Å²) in [5, 5.41) is 0. The Labute approximate surface area is 117 Å². The lowest BCUT2D eigenvalue weighted by Gasteiger charge is -2.51. The van der Waals surface area contributed by atoms with Crippen molar-refractivity contribution in [3.63, 3.8) is 0 Å². The number of piperidine rings is 2. The Bertz CT molecular complexity index is 411. The minimum absolute atomic E-state index is 0.428. The largest absolute Gasteiger partial charge is 0.328 e. The lowest BCUT2D eigenvalue weighted by Crippen LogP contribution is -2.55. The first-order chi connectivity index (χ1) is 9.15. The van der Waals surface area contributed by atoms with Gasteiger partial charge in [0.25, 0.3) is 0 Å². The molecule has 3 unspecified atom stereocenters. The van der Waals surface area contributed by atoms with Crippen molar-refractivity contribution >= 4 is 0 Å². The molecule has 2 aliphatic heterocycles. The van der Waals surface area contributed by atoms with Gasteiger partial charge in [0.15, 0.2) is 0 Å². The van der Waals surface area contributed by atoms with Crippen LogP contribution in [0.5, 0.6) is 0 Å². The van der Waals surface area contributed by atoms with Gasteiger partial charge in [0, 0.05) is 24.2 Å². The van der Waals surface area contributed by atoms with Crippen LogP contribution in [0.3, 0.4) is 0 Å². The van der Waals surface area contributed by atoms with Crippen LogP contribution in [-0.2, 0) is 0 Å². The fourth-order valence-corrected chi connectivity index (χ4v) is 4.11. The van der Waals surface area contributed by atoms with Crippen molar-refractivity contribution in [2.24, 2.45) is 5.73 Å². The van der Waals surface area contributed by atoms with Crippen LogP contribution in [0.25, 0.3) is 0 Å². The van der Waals surface area contributed by atoms with Crippen LogP contribution >= 0.6 is 0 Å². The Morgan fingerprint density at radius 3 is 2.26 bits per heavy atom. The highest BCUT2D eigenvalue weighted by atomic mass is 15.2. The maximum Gasteiger partial charge on any atom is 0.0325 e. The smallest absolute Gasteiger partial charge is 0.0325 e. The second kappa shape index (κ2) is 5.26. The van der Waals surface area contributed by atoms with E-state index in [9.17, 15) is 0 Å². The quantitative estimate of drug-likeness (QED) is 0.881. The summed E-state index contributed by atoms with van der Waals surface area (Å²) >= 11 is 0. The number of benzene rings is 1. The predicted octanol–water partition coefficient (Wildman–Crippen LogP) is 3.40. The molecule has 3 rings (SSSR count). The van der Waals surface area contributed by atoms with E-state index in [1.807, 2.05) is 0 Å². The Morgan fingerprint density at radius 2 is 1.68 bits per heavy atom. The average Bonchev–Trinajstić information content (AvgIpc) is 2.37. The second-order valence-electron chi connectivity index (χ2n) is 6.50. The molecule has 2 heteroatoms. The lowest BCUT2D eigenvalue weighted by molar-refractivity contribution is -0.000512. The van der Waals surface area contributed by atoms with E-state index < -0.39 is 0 Å². The van der Waals surface area contributed by atoms with Gasteiger partial charge >= 0.3 is 0 Å². The zero-order chi connectivity index (χ0) is 13.4. The first kappa shape index (κ1) is 13.1. The number of rotatable bonds is 2. The van der Waals surface area contributed by atoms with Gasteiger partial charge in [-0.1, -0.05) is 36.2 Å². The molecule has 0 aromatic heterocycles. The summed E-state index contributed by atoms with van der Waals surface area (Å²) in [5.41, 5.74) is 9.02. The van der Waals surface area contributed by atoms with E-state index in [0.717, 1.165) is 0 Å². The number of nitrogens with two attached hydrogens (primary N) is 1. The lowest BCUT2D eigenvalue weighted by atomic mass is 9.80. The van der Waals surface area contributed by atoms with E-state index in [-0.39, 0.29) is 0 Å². The highest BCUT2D eigenvalue weighted by Crippen LogP contribution is 2.39. The third kappa shape index (κ3) is 2.56. The molecule has 2 saturated heterocycles. The first-order valence-electron chi connectivity index (χ1n) is 7.74. The van der Waals surface area contributed by atoms with E-state index in [1.165, 1.54) is 43.2 Å². The maximum atomic E-state index is 6.22. The molecule has 2 aliphatic rings. The van der Waals surface area contributed by atoms with Crippen LogP contribution in [0.15, 0.2) is 24.3 Å². The van der Waals surface area contributed by atoms with Crippen molar-refractivity contribution in [1.29, 1.82) is 0 Å². The van der Waals surface area contributed by atoms with Crippen molar-refractivity contribution in [2.75, 3.05) is 0 Å². The Hall–Kier alpha value is -0.860. The zero-order valence-electron chi connectivity index (χ0n) is 12.2. The molecular formula is C17H26N2. The van der Waals surface area contributed by atoms with E-state index in [4.69, 9.17) is 5.73 Å². The third-order valence-corrected chi connectivity index (χ3v) is 5.07. The SMILES string of the molecule is Cc1ccc(C(C)N2C3CCCC2CC(N)C3)cc1. The average molecular weight is 258 g/mol. The van der Waals surface area contributed by atoms with Gasteiger partial charge in [-0.05, 0) is 45.1 Å². The molecule has 1 aromatic carbocycles. The van der Waals surface area contributed by atoms with Crippen LogP contribution in [-0.4, -0.2) is 23.0 Å². The van der Waals surface area contributed by atoms with Crippen molar-refractivity contribution < 1.29 is 0 Å². The molecule has 2 fully saturated rings. The summed E-state index contributed by atoms with van der Waals surface area (Å²) < 4.78 is 0. The molecule has 2 heterocycles. The van der Waals surface area contributed by atoms with Gasteiger partial charge in [-0.2, -0.15) is 0 Å². The van der Waals surface area contributed by atoms with Gasteiger partial charge in [0.2, 0.25) is 0 Å². The van der Waals surface area contributed by atoms with Crippen molar-refractivity contribution in [3.8, 4) is 0 Å². The summed E-state index contributed by atoms with van der Waals surface area (Å²) in [4.78, 5) is 2.76. The van der Waals surface area contributed by atoms with Gasteiger partial charge in [-0.25, -0.2) is 0 Å². The molecule has 2 nitrogen and oxygen atoms in total. The van der Waals surface area contributed by atoms with Gasteiger partial charge < -0.3 is 5.73 Å². The van der Waals surface area contributed by atoms with Crippen LogP contribution in [0.1, 0.15) is 56.2 Å². The molecule has 2 N–H and O–H groups in total. The van der Waals surface area contributed by atoms with Gasteiger partial charge in [-0.15, -0.1) is 0 Å². The number of nitrogens with zero attached hydrogens (tertiary/aromatic N) is 1. The summed E-state index contributed by atoms with van der Waals surface area (Å²) in [7, 11) is 0. The molecule has 3 atom stereocenters. The summed E-state index contributed by atoms with van der Waals surface area (Å²) in [5.74, 6) is 0. The van der Waals surface area contributed by atoms with E-state index >= 15 is 0 Å². The topological polar surface area (TPSA) is 29.3 Å². The van der Waals surface area contributed by atoms with Gasteiger partial charge in [0.1, 0.15) is 0 Å². The summed E-state index contributed by atoms with van der Waals surface area (Å²) in [6.45, 7) is 4.52. The predicted molar refractivity (Wildman–Crippen MR) is 80.1 cm³/mol. The molecule has 0 radical (unpaired) electrons. The van der Waals surface area contributed by atoms with Gasteiger partial charge in [-0.3, -0.25) is 4.90 Å². The van der Waals surface area contributed by atoms with E-state index in [2.05, 4.69) is 43.0 Å². The maximum absolute atomic E-state index is 6.22. The number of fused-ring (bicyclic) bond motifs is 2. The molecule has 1 aromatic rings. The second-order valence-corrected chi connectivity index (χ2v) is 6.50. The summed E-state index contributed by atoms with van der Waals surface area (Å²) in [6.07, 6.45) is 6.43. The molecule has 104 valence electrons. The molecule has 0 saturated carbocycles. The Kier molecular flexibility index (Phi) is 3.64. The van der Waals surface area contributed by atoms with Crippen LogP contribution in [0, 0.1) is 6.92 Å². The van der Waals surface area contributed by atoms with Crippen LogP contribution in [0.4, 0.5) is 0 Å². The summed E-state index contributed by atoms with van der Waals surface area (Å²) in [6, 6.07) is 11.4. The monoisotopic (exact) mass is 258 g/mol. The third-order valence-electron chi connectivity index (χ3n) is 5.07. The molecule has 2 bridgehead atoms. The molecular weight excluding hydrogens is 232 g/mol. The normalized spacial score (nSPS) is 33.1. The first-order valence-corrected chi connectivity index (χ1v) is 7.74. The number of hydrogen-bond donors (Lipinski definition) is 1. The highest BCUT2D eigenvalue weighted by Gasteiger charge is 2.39. The Balaban J connectivity index is 1.82. The fraction of sp³-hybridized carbons (Fsp3) is 0.647. The molecule has 0 aliphatic carbocycles. The van der Waals surface area contributed by atoms with Gasteiger partial charge in [0.05, 0.1) is 0 Å². The standard InChI is InChI=1S/C17H26N2/c1-12-6-8-14(9-7-12)13(2)19-16-4-3-5-17(19)11-15(18)10-16/h6-9,13,15-17H,3-5,10-11,18H2,1-2H3. The fourth-order valence-electron chi connectivity index (χ4n) is 4.11.